The topological polar surface area (TPSA) is 38.7 Å². The van der Waals surface area contributed by atoms with E-state index in [4.69, 9.17) is 15.0 Å². The van der Waals surface area contributed by atoms with Crippen molar-refractivity contribution in [2.45, 2.75) is 57.0 Å². The minimum Gasteiger partial charge on any atom is -0.239 e. The van der Waals surface area contributed by atoms with Crippen LogP contribution in [0.3, 0.4) is 0 Å². The summed E-state index contributed by atoms with van der Waals surface area (Å²) in [5.74, 6) is 1.11. The smallest absolute Gasteiger partial charge is 0.164 e. The van der Waals surface area contributed by atoms with Crippen LogP contribution in [0, 0.1) is 5.82 Å². The lowest BCUT2D eigenvalue weighted by Gasteiger charge is -2.29. The number of fused-ring (bicyclic) bond motifs is 3. The molecule has 0 aliphatic heterocycles. The van der Waals surface area contributed by atoms with Crippen molar-refractivity contribution in [1.82, 2.24) is 15.0 Å². The fourth-order valence-corrected chi connectivity index (χ4v) is 7.28. The summed E-state index contributed by atoms with van der Waals surface area (Å²) in [5.41, 5.74) is 9.73. The SMILES string of the molecule is CC1(F)C=CC(c2nc(C3=CCC(C)(c4ccc(-c5ccc6c(c5)C(C)(C)c5ccccc5-6)cc4)C=C3)nc(-c3ccc(F)cc3)n2)=CC1. The maximum absolute atomic E-state index is 14.5. The number of hydrogen-bond acceptors (Lipinski definition) is 3. The molecule has 2 atom stereocenters. The summed E-state index contributed by atoms with van der Waals surface area (Å²) in [5, 5.41) is 0. The summed E-state index contributed by atoms with van der Waals surface area (Å²) in [6.07, 6.45) is 12.6. The van der Waals surface area contributed by atoms with E-state index >= 15 is 0 Å². The van der Waals surface area contributed by atoms with Gasteiger partial charge in [0.2, 0.25) is 0 Å². The highest BCUT2D eigenvalue weighted by molar-refractivity contribution is 5.83. The fourth-order valence-electron chi connectivity index (χ4n) is 7.28. The lowest BCUT2D eigenvalue weighted by atomic mass is 9.75. The Balaban J connectivity index is 1.07. The molecule has 0 radical (unpaired) electrons. The number of allylic oxidation sites excluding steroid dienone is 8. The van der Waals surface area contributed by atoms with Gasteiger partial charge < -0.3 is 0 Å². The summed E-state index contributed by atoms with van der Waals surface area (Å²) < 4.78 is 28.3. The van der Waals surface area contributed by atoms with E-state index in [-0.39, 0.29) is 23.1 Å². The van der Waals surface area contributed by atoms with E-state index in [1.807, 2.05) is 6.08 Å². The Hall–Kier alpha value is -5.29. The lowest BCUT2D eigenvalue weighted by Crippen LogP contribution is -2.20. The van der Waals surface area contributed by atoms with Gasteiger partial charge in [0.15, 0.2) is 17.5 Å². The van der Waals surface area contributed by atoms with Gasteiger partial charge in [-0.15, -0.1) is 0 Å². The predicted octanol–water partition coefficient (Wildman–Crippen LogP) is 11.0. The molecule has 4 aromatic carbocycles. The van der Waals surface area contributed by atoms with Gasteiger partial charge in [0.05, 0.1) is 0 Å². The molecule has 2 unspecified atom stereocenters. The van der Waals surface area contributed by atoms with Crippen molar-refractivity contribution in [3.05, 3.63) is 162 Å². The van der Waals surface area contributed by atoms with E-state index in [1.165, 1.54) is 51.1 Å². The van der Waals surface area contributed by atoms with Crippen LogP contribution >= 0.6 is 0 Å². The molecule has 0 saturated heterocycles. The van der Waals surface area contributed by atoms with Crippen LogP contribution in [0.4, 0.5) is 8.78 Å². The Kier molecular flexibility index (Phi) is 7.22. The molecule has 3 nitrogen and oxygen atoms in total. The Morgan fingerprint density at radius 2 is 1.16 bits per heavy atom. The number of hydrogen-bond donors (Lipinski definition) is 0. The molecule has 0 N–H and O–H groups in total. The van der Waals surface area contributed by atoms with Crippen LogP contribution in [-0.4, -0.2) is 20.6 Å². The first-order valence-corrected chi connectivity index (χ1v) is 16.9. The molecule has 1 aromatic heterocycles. The fraction of sp³-hybridized carbons (Fsp3) is 0.205. The average Bonchev–Trinajstić information content (AvgIpc) is 3.34. The summed E-state index contributed by atoms with van der Waals surface area (Å²) in [6.45, 7) is 8.42. The largest absolute Gasteiger partial charge is 0.239 e. The van der Waals surface area contributed by atoms with Crippen LogP contribution in [0.25, 0.3) is 44.8 Å². The Bertz CT molecular complexity index is 2240. The second-order valence-electron chi connectivity index (χ2n) is 14.4. The normalized spacial score (nSPS) is 21.9. The Morgan fingerprint density at radius 1 is 0.571 bits per heavy atom. The van der Waals surface area contributed by atoms with Gasteiger partial charge in [0, 0.05) is 34.0 Å². The Labute approximate surface area is 286 Å². The molecule has 0 fully saturated rings. The molecule has 5 aromatic rings. The highest BCUT2D eigenvalue weighted by atomic mass is 19.1. The van der Waals surface area contributed by atoms with Crippen molar-refractivity contribution in [1.29, 1.82) is 0 Å². The highest BCUT2D eigenvalue weighted by Crippen LogP contribution is 2.49. The molecule has 49 heavy (non-hydrogen) atoms. The Morgan fingerprint density at radius 3 is 1.82 bits per heavy atom. The van der Waals surface area contributed by atoms with E-state index in [9.17, 15) is 8.78 Å². The molecule has 0 amide bonds. The number of halogens is 2. The van der Waals surface area contributed by atoms with Gasteiger partial charge in [-0.25, -0.2) is 23.7 Å². The number of nitrogens with zero attached hydrogens (tertiary/aromatic N) is 3. The van der Waals surface area contributed by atoms with Crippen molar-refractivity contribution >= 4 is 11.1 Å². The van der Waals surface area contributed by atoms with Crippen molar-refractivity contribution in [3.8, 4) is 33.6 Å². The number of aromatic nitrogens is 3. The van der Waals surface area contributed by atoms with Gasteiger partial charge in [-0.3, -0.25) is 0 Å². The third-order valence-corrected chi connectivity index (χ3v) is 10.4. The van der Waals surface area contributed by atoms with E-state index < -0.39 is 5.67 Å². The van der Waals surface area contributed by atoms with Crippen LogP contribution in [0.15, 0.2) is 127 Å². The molecule has 3 aliphatic carbocycles. The van der Waals surface area contributed by atoms with Gasteiger partial charge in [-0.05, 0) is 88.7 Å². The zero-order valence-corrected chi connectivity index (χ0v) is 28.1. The molecule has 0 bridgehead atoms. The summed E-state index contributed by atoms with van der Waals surface area (Å²) >= 11 is 0. The average molecular weight is 646 g/mol. The summed E-state index contributed by atoms with van der Waals surface area (Å²) in [7, 11) is 0. The maximum atomic E-state index is 14.5. The summed E-state index contributed by atoms with van der Waals surface area (Å²) in [6, 6.07) is 30.7. The van der Waals surface area contributed by atoms with E-state index in [2.05, 4.69) is 106 Å². The lowest BCUT2D eigenvalue weighted by molar-refractivity contribution is 0.260. The van der Waals surface area contributed by atoms with Gasteiger partial charge >= 0.3 is 0 Å². The third-order valence-electron chi connectivity index (χ3n) is 10.4. The molecular weight excluding hydrogens is 609 g/mol. The van der Waals surface area contributed by atoms with Gasteiger partial charge in [-0.2, -0.15) is 0 Å². The van der Waals surface area contributed by atoms with Gasteiger partial charge in [-0.1, -0.05) is 112 Å². The van der Waals surface area contributed by atoms with Gasteiger partial charge in [0.1, 0.15) is 11.5 Å². The monoisotopic (exact) mass is 645 g/mol. The van der Waals surface area contributed by atoms with Crippen LogP contribution < -0.4 is 0 Å². The van der Waals surface area contributed by atoms with Crippen LogP contribution in [0.2, 0.25) is 0 Å². The second kappa shape index (κ2) is 11.4. The first-order chi connectivity index (χ1) is 23.5. The molecular formula is C44H37F2N3. The molecule has 5 heteroatoms. The van der Waals surface area contributed by atoms with E-state index in [0.29, 0.717) is 23.0 Å². The molecule has 3 aliphatic rings. The number of rotatable bonds is 5. The van der Waals surface area contributed by atoms with Crippen molar-refractivity contribution in [2.24, 2.45) is 0 Å². The minimum absolute atomic E-state index is 0.0365. The van der Waals surface area contributed by atoms with E-state index in [1.54, 1.807) is 31.2 Å². The zero-order valence-electron chi connectivity index (χ0n) is 28.1. The van der Waals surface area contributed by atoms with Crippen LogP contribution in [0.5, 0.6) is 0 Å². The van der Waals surface area contributed by atoms with Crippen molar-refractivity contribution in [3.63, 3.8) is 0 Å². The minimum atomic E-state index is -1.40. The molecule has 1 heterocycles. The molecule has 0 spiro atoms. The predicted molar refractivity (Wildman–Crippen MR) is 195 cm³/mol. The van der Waals surface area contributed by atoms with E-state index in [0.717, 1.165) is 17.6 Å². The molecule has 8 rings (SSSR count). The quantitative estimate of drug-likeness (QED) is 0.191. The van der Waals surface area contributed by atoms with Crippen LogP contribution in [0.1, 0.15) is 68.9 Å². The standard InChI is InChI=1S/C44H37F2N3/c1-42(2)37-8-6-5-7-35(37)36-18-13-32(27-38(36)42)28-9-14-33(15-10-28)43(3)23-19-30(20-24-43)40-47-39(29-11-16-34(45)17-12-29)48-41(49-40)31-21-25-44(4,46)26-22-31/h5-23,25,27H,24,26H2,1-4H3. The molecule has 242 valence electrons. The maximum Gasteiger partial charge on any atom is 0.164 e. The first kappa shape index (κ1) is 31.0. The third kappa shape index (κ3) is 5.57. The van der Waals surface area contributed by atoms with Crippen LogP contribution in [-0.2, 0) is 10.8 Å². The number of benzene rings is 4. The van der Waals surface area contributed by atoms with Gasteiger partial charge in [0.25, 0.3) is 0 Å². The zero-order chi connectivity index (χ0) is 34.0. The van der Waals surface area contributed by atoms with Crippen molar-refractivity contribution in [2.75, 3.05) is 0 Å². The molecule has 0 saturated carbocycles. The number of alkyl halides is 1. The summed E-state index contributed by atoms with van der Waals surface area (Å²) in [4.78, 5) is 14.3. The van der Waals surface area contributed by atoms with Crippen molar-refractivity contribution < 1.29 is 8.78 Å². The highest BCUT2D eigenvalue weighted by Gasteiger charge is 2.35. The first-order valence-electron chi connectivity index (χ1n) is 16.9. The second-order valence-corrected chi connectivity index (χ2v) is 14.4.